The number of carbonyl (C=O) groups excluding carboxylic acids is 1. The highest BCUT2D eigenvalue weighted by Gasteiger charge is 2.32. The fourth-order valence-electron chi connectivity index (χ4n) is 4.17. The summed E-state index contributed by atoms with van der Waals surface area (Å²) in [4.78, 5) is 13.0. The first-order valence-corrected chi connectivity index (χ1v) is 10.6. The number of alkyl halides is 3. The molecule has 0 amide bonds. The van der Waals surface area contributed by atoms with E-state index >= 15 is 0 Å². The minimum Gasteiger partial charge on any atom is -0.307 e. The van der Waals surface area contributed by atoms with Gasteiger partial charge in [0, 0.05) is 18.5 Å². The molecule has 0 saturated carbocycles. The lowest BCUT2D eigenvalue weighted by molar-refractivity contribution is -0.137. The van der Waals surface area contributed by atoms with E-state index in [9.17, 15) is 18.0 Å². The lowest BCUT2D eigenvalue weighted by Crippen LogP contribution is -2.41. The first kappa shape index (κ1) is 21.5. The van der Waals surface area contributed by atoms with E-state index in [0.717, 1.165) is 43.6 Å². The van der Waals surface area contributed by atoms with Gasteiger partial charge in [-0.1, -0.05) is 36.8 Å². The van der Waals surface area contributed by atoms with E-state index in [-0.39, 0.29) is 24.2 Å². The van der Waals surface area contributed by atoms with Crippen LogP contribution in [0.1, 0.15) is 55.0 Å². The smallest absolute Gasteiger partial charge is 0.307 e. The maximum Gasteiger partial charge on any atom is 0.417 e. The maximum atomic E-state index is 13.3. The molecule has 4 rings (SSSR count). The minimum absolute atomic E-state index is 0.0847. The monoisotopic (exact) mass is 430 g/mol. The Kier molecular flexibility index (Phi) is 6.36. The van der Waals surface area contributed by atoms with Gasteiger partial charge >= 0.3 is 6.18 Å². The number of nitrogens with one attached hydrogen (secondary N) is 1. The first-order chi connectivity index (χ1) is 14.9. The van der Waals surface area contributed by atoms with Crippen molar-refractivity contribution in [1.29, 1.82) is 0 Å². The lowest BCUT2D eigenvalue weighted by Gasteiger charge is -2.24. The van der Waals surface area contributed by atoms with Crippen molar-refractivity contribution in [2.24, 2.45) is 0 Å². The zero-order valence-corrected chi connectivity index (χ0v) is 17.1. The van der Waals surface area contributed by atoms with Crippen LogP contribution < -0.4 is 5.32 Å². The Morgan fingerprint density at radius 1 is 1.13 bits per heavy atom. The van der Waals surface area contributed by atoms with Crippen LogP contribution in [0.5, 0.6) is 0 Å². The van der Waals surface area contributed by atoms with Gasteiger partial charge in [0.25, 0.3) is 0 Å². The zero-order valence-electron chi connectivity index (χ0n) is 17.1. The number of carbonyl (C=O) groups is 1. The number of benzene rings is 1. The molecule has 2 aromatic heterocycles. The van der Waals surface area contributed by atoms with Crippen molar-refractivity contribution in [2.75, 3.05) is 6.54 Å². The van der Waals surface area contributed by atoms with Crippen molar-refractivity contribution in [2.45, 2.75) is 56.7 Å². The van der Waals surface area contributed by atoms with E-state index in [1.165, 1.54) is 10.5 Å². The molecule has 1 aliphatic heterocycles. The normalized spacial score (nSPS) is 18.2. The van der Waals surface area contributed by atoms with Crippen molar-refractivity contribution in [1.82, 2.24) is 19.9 Å². The van der Waals surface area contributed by atoms with Gasteiger partial charge in [-0.25, -0.2) is 0 Å². The van der Waals surface area contributed by atoms with Crippen LogP contribution in [-0.2, 0) is 17.4 Å². The molecule has 3 heterocycles. The summed E-state index contributed by atoms with van der Waals surface area (Å²) < 4.78 is 41.2. The zero-order chi connectivity index (χ0) is 21.8. The van der Waals surface area contributed by atoms with Crippen LogP contribution in [0.3, 0.4) is 0 Å². The van der Waals surface area contributed by atoms with Crippen LogP contribution in [0.2, 0.25) is 0 Å². The SMILES string of the molecule is O=C(C[C@H](CCc1ccccc1)c1nnc2ccc(C(F)(F)F)cn12)C1CCCCN1. The second kappa shape index (κ2) is 9.18. The summed E-state index contributed by atoms with van der Waals surface area (Å²) in [5.74, 6) is 0.164. The van der Waals surface area contributed by atoms with Gasteiger partial charge in [-0.3, -0.25) is 9.20 Å². The number of aromatic nitrogens is 3. The molecule has 1 aromatic carbocycles. The van der Waals surface area contributed by atoms with Crippen LogP contribution in [0.25, 0.3) is 5.65 Å². The molecule has 0 spiro atoms. The van der Waals surface area contributed by atoms with Gasteiger partial charge in [-0.05, 0) is 49.9 Å². The molecular formula is C23H25F3N4O. The number of halogens is 3. The van der Waals surface area contributed by atoms with Crippen molar-refractivity contribution in [3.63, 3.8) is 0 Å². The average Bonchev–Trinajstić information content (AvgIpc) is 3.20. The molecular weight excluding hydrogens is 405 g/mol. The minimum atomic E-state index is -4.46. The van der Waals surface area contributed by atoms with Crippen molar-refractivity contribution < 1.29 is 18.0 Å². The summed E-state index contributed by atoms with van der Waals surface area (Å²) in [6.45, 7) is 0.813. The number of piperidine rings is 1. The number of aryl methyl sites for hydroxylation is 1. The Balaban J connectivity index is 1.63. The molecule has 0 aliphatic carbocycles. The number of hydrogen-bond acceptors (Lipinski definition) is 4. The largest absolute Gasteiger partial charge is 0.417 e. The topological polar surface area (TPSA) is 59.3 Å². The summed E-state index contributed by atoms with van der Waals surface area (Å²) in [5, 5.41) is 11.5. The molecule has 1 fully saturated rings. The van der Waals surface area contributed by atoms with Crippen LogP contribution in [-0.4, -0.2) is 33.0 Å². The Labute approximate surface area is 178 Å². The van der Waals surface area contributed by atoms with E-state index < -0.39 is 11.7 Å². The highest BCUT2D eigenvalue weighted by Crippen LogP contribution is 2.31. The number of hydrogen-bond donors (Lipinski definition) is 1. The third-order valence-electron chi connectivity index (χ3n) is 5.89. The molecule has 164 valence electrons. The van der Waals surface area contributed by atoms with Gasteiger partial charge in [-0.15, -0.1) is 10.2 Å². The Bertz CT molecular complexity index is 1030. The quantitative estimate of drug-likeness (QED) is 0.597. The van der Waals surface area contributed by atoms with E-state index in [1.807, 2.05) is 30.3 Å². The molecule has 31 heavy (non-hydrogen) atoms. The van der Waals surface area contributed by atoms with E-state index in [2.05, 4.69) is 15.5 Å². The fraction of sp³-hybridized carbons (Fsp3) is 0.435. The van der Waals surface area contributed by atoms with Crippen LogP contribution in [0, 0.1) is 0 Å². The molecule has 0 bridgehead atoms. The number of pyridine rings is 1. The van der Waals surface area contributed by atoms with Gasteiger partial charge in [0.15, 0.2) is 5.65 Å². The van der Waals surface area contributed by atoms with E-state index in [0.29, 0.717) is 24.3 Å². The number of Topliss-reactive ketones (excluding diaryl/α,β-unsaturated/α-hetero) is 1. The van der Waals surface area contributed by atoms with Crippen molar-refractivity contribution >= 4 is 11.4 Å². The molecule has 1 unspecified atom stereocenters. The Hall–Kier alpha value is -2.74. The van der Waals surface area contributed by atoms with Crippen LogP contribution >= 0.6 is 0 Å². The van der Waals surface area contributed by atoms with Gasteiger partial charge in [-0.2, -0.15) is 13.2 Å². The summed E-state index contributed by atoms with van der Waals surface area (Å²) >= 11 is 0. The predicted octanol–water partition coefficient (Wildman–Crippen LogP) is 4.57. The molecule has 1 N–H and O–H groups in total. The molecule has 5 nitrogen and oxygen atoms in total. The number of fused-ring (bicyclic) bond motifs is 1. The maximum absolute atomic E-state index is 13.3. The Morgan fingerprint density at radius 2 is 1.94 bits per heavy atom. The Morgan fingerprint density at radius 3 is 2.65 bits per heavy atom. The molecule has 0 radical (unpaired) electrons. The van der Waals surface area contributed by atoms with Gasteiger partial charge in [0.05, 0.1) is 11.6 Å². The van der Waals surface area contributed by atoms with Crippen molar-refractivity contribution in [3.8, 4) is 0 Å². The first-order valence-electron chi connectivity index (χ1n) is 10.6. The summed E-state index contributed by atoms with van der Waals surface area (Å²) in [5.41, 5.74) is 0.694. The summed E-state index contributed by atoms with van der Waals surface area (Å²) in [6, 6.07) is 12.0. The molecule has 2 atom stereocenters. The standard InChI is InChI=1S/C23H25F3N4O/c24-23(25,26)18-11-12-21-28-29-22(30(21)15-18)17(10-9-16-6-2-1-3-7-16)14-20(31)19-8-4-5-13-27-19/h1-3,6-7,11-12,15,17,19,27H,4-5,8-10,13-14H2/t17-,19?/m0/s1. The fourth-order valence-corrected chi connectivity index (χ4v) is 4.17. The third-order valence-corrected chi connectivity index (χ3v) is 5.89. The highest BCUT2D eigenvalue weighted by atomic mass is 19.4. The predicted molar refractivity (Wildman–Crippen MR) is 111 cm³/mol. The van der Waals surface area contributed by atoms with E-state index in [4.69, 9.17) is 0 Å². The second-order valence-electron chi connectivity index (χ2n) is 8.10. The van der Waals surface area contributed by atoms with Crippen LogP contribution in [0.4, 0.5) is 13.2 Å². The number of nitrogens with zero attached hydrogens (tertiary/aromatic N) is 3. The van der Waals surface area contributed by atoms with Crippen LogP contribution in [0.15, 0.2) is 48.7 Å². The lowest BCUT2D eigenvalue weighted by atomic mass is 9.89. The second-order valence-corrected chi connectivity index (χ2v) is 8.10. The number of ketones is 1. The van der Waals surface area contributed by atoms with Gasteiger partial charge < -0.3 is 5.32 Å². The van der Waals surface area contributed by atoms with Crippen molar-refractivity contribution in [3.05, 3.63) is 65.6 Å². The highest BCUT2D eigenvalue weighted by molar-refractivity contribution is 5.84. The molecule has 8 heteroatoms. The average molecular weight is 430 g/mol. The summed E-state index contributed by atoms with van der Waals surface area (Å²) in [7, 11) is 0. The third kappa shape index (κ3) is 5.12. The van der Waals surface area contributed by atoms with E-state index in [1.54, 1.807) is 0 Å². The molecule has 1 aliphatic rings. The molecule has 1 saturated heterocycles. The van der Waals surface area contributed by atoms with Gasteiger partial charge in [0.2, 0.25) is 0 Å². The molecule has 3 aromatic rings. The number of rotatable bonds is 7. The van der Waals surface area contributed by atoms with Gasteiger partial charge in [0.1, 0.15) is 11.6 Å². The summed E-state index contributed by atoms with van der Waals surface area (Å²) in [6.07, 6.45) is 0.937.